The molecule has 18 heavy (non-hydrogen) atoms. The molecule has 0 saturated carbocycles. The van der Waals surface area contributed by atoms with Gasteiger partial charge in [0.15, 0.2) is 5.82 Å². The molecule has 0 fully saturated rings. The van der Waals surface area contributed by atoms with Crippen molar-refractivity contribution in [1.82, 2.24) is 14.8 Å². The van der Waals surface area contributed by atoms with Gasteiger partial charge in [-0.05, 0) is 22.0 Å². The molecule has 0 unspecified atom stereocenters. The van der Waals surface area contributed by atoms with Crippen LogP contribution in [0.25, 0.3) is 0 Å². The van der Waals surface area contributed by atoms with Crippen molar-refractivity contribution in [2.45, 2.75) is 6.54 Å². The van der Waals surface area contributed by atoms with Crippen LogP contribution in [0.3, 0.4) is 0 Å². The Hall–Kier alpha value is -1.96. The fourth-order valence-corrected chi connectivity index (χ4v) is 1.91. The summed E-state index contributed by atoms with van der Waals surface area (Å²) in [5.41, 5.74) is 0.802. The standard InChI is InChI=1S/C10H10BrN5O2/c1-15-6-13-10(14-15)5-12-9-3-2-7(16(17)18)4-8(9)11/h2-4,6,12H,5H2,1H3. The maximum absolute atomic E-state index is 10.6. The zero-order valence-corrected chi connectivity index (χ0v) is 11.1. The molecule has 0 bridgehead atoms. The predicted octanol–water partition coefficient (Wildman–Crippen LogP) is 2.10. The fraction of sp³-hybridized carbons (Fsp3) is 0.200. The van der Waals surface area contributed by atoms with Gasteiger partial charge < -0.3 is 5.32 Å². The SMILES string of the molecule is Cn1cnc(CNc2ccc([N+](=O)[O-])cc2Br)n1. The number of halogens is 1. The minimum absolute atomic E-state index is 0.0448. The maximum atomic E-state index is 10.6. The van der Waals surface area contributed by atoms with Gasteiger partial charge in [0.2, 0.25) is 0 Å². The maximum Gasteiger partial charge on any atom is 0.270 e. The largest absolute Gasteiger partial charge is 0.377 e. The van der Waals surface area contributed by atoms with E-state index in [-0.39, 0.29) is 5.69 Å². The first kappa shape index (κ1) is 12.5. The summed E-state index contributed by atoms with van der Waals surface area (Å²) < 4.78 is 2.25. The Bertz CT molecular complexity index is 583. The van der Waals surface area contributed by atoms with Gasteiger partial charge in [-0.1, -0.05) is 0 Å². The van der Waals surface area contributed by atoms with Gasteiger partial charge in [-0.2, -0.15) is 5.10 Å². The van der Waals surface area contributed by atoms with Gasteiger partial charge in [0.25, 0.3) is 5.69 Å². The molecule has 1 aromatic heterocycles. The van der Waals surface area contributed by atoms with Crippen LogP contribution in [0.15, 0.2) is 29.0 Å². The van der Waals surface area contributed by atoms with Gasteiger partial charge in [0.05, 0.1) is 11.5 Å². The summed E-state index contributed by atoms with van der Waals surface area (Å²) in [5.74, 6) is 0.655. The molecule has 7 nitrogen and oxygen atoms in total. The lowest BCUT2D eigenvalue weighted by molar-refractivity contribution is -0.384. The lowest BCUT2D eigenvalue weighted by Crippen LogP contribution is -2.03. The van der Waals surface area contributed by atoms with Crippen molar-refractivity contribution < 1.29 is 4.92 Å². The van der Waals surface area contributed by atoms with E-state index in [1.54, 1.807) is 24.1 Å². The average molecular weight is 312 g/mol. The summed E-state index contributed by atoms with van der Waals surface area (Å²) in [7, 11) is 1.79. The number of hydrogen-bond donors (Lipinski definition) is 1. The summed E-state index contributed by atoms with van der Waals surface area (Å²) >= 11 is 3.28. The second-order valence-corrected chi connectivity index (χ2v) is 4.46. The molecule has 0 aliphatic rings. The van der Waals surface area contributed by atoms with Crippen molar-refractivity contribution in [3.05, 3.63) is 44.9 Å². The first-order valence-electron chi connectivity index (χ1n) is 5.08. The number of rotatable bonds is 4. The summed E-state index contributed by atoms with van der Waals surface area (Å²) in [5, 5.41) is 17.8. The molecule has 0 amide bonds. The molecule has 0 saturated heterocycles. The molecule has 2 rings (SSSR count). The number of aromatic nitrogens is 3. The average Bonchev–Trinajstić information content (AvgIpc) is 2.73. The molecule has 0 radical (unpaired) electrons. The van der Waals surface area contributed by atoms with Crippen molar-refractivity contribution in [3.8, 4) is 0 Å². The Morgan fingerprint density at radius 3 is 2.89 bits per heavy atom. The summed E-state index contributed by atoms with van der Waals surface area (Å²) in [6.07, 6.45) is 1.61. The van der Waals surface area contributed by atoms with Crippen molar-refractivity contribution in [1.29, 1.82) is 0 Å². The molecule has 94 valence electrons. The minimum atomic E-state index is -0.436. The number of nitrogens with one attached hydrogen (secondary N) is 1. The molecular formula is C10H10BrN5O2. The van der Waals surface area contributed by atoms with Crippen LogP contribution in [0, 0.1) is 10.1 Å². The number of nitro groups is 1. The smallest absolute Gasteiger partial charge is 0.270 e. The van der Waals surface area contributed by atoms with Crippen LogP contribution in [0.5, 0.6) is 0 Å². The van der Waals surface area contributed by atoms with Crippen LogP contribution < -0.4 is 5.32 Å². The summed E-state index contributed by atoms with van der Waals surface area (Å²) in [6, 6.07) is 4.54. The van der Waals surface area contributed by atoms with Crippen molar-refractivity contribution in [3.63, 3.8) is 0 Å². The summed E-state index contributed by atoms with van der Waals surface area (Å²) in [6.45, 7) is 0.456. The molecule has 0 atom stereocenters. The highest BCUT2D eigenvalue weighted by Gasteiger charge is 2.09. The van der Waals surface area contributed by atoms with Crippen LogP contribution in [0.2, 0.25) is 0 Å². The zero-order chi connectivity index (χ0) is 13.1. The molecule has 0 aliphatic carbocycles. The Labute approximate surface area is 111 Å². The van der Waals surface area contributed by atoms with Gasteiger partial charge in [-0.15, -0.1) is 0 Å². The van der Waals surface area contributed by atoms with Gasteiger partial charge >= 0.3 is 0 Å². The second kappa shape index (κ2) is 5.13. The van der Waals surface area contributed by atoms with E-state index in [2.05, 4.69) is 31.3 Å². The lowest BCUT2D eigenvalue weighted by Gasteiger charge is -2.06. The number of nitro benzene ring substituents is 1. The van der Waals surface area contributed by atoms with Crippen LogP contribution in [0.1, 0.15) is 5.82 Å². The van der Waals surface area contributed by atoms with E-state index in [4.69, 9.17) is 0 Å². The molecule has 0 aliphatic heterocycles. The van der Waals surface area contributed by atoms with Gasteiger partial charge in [0.1, 0.15) is 6.33 Å². The number of nitrogens with zero attached hydrogens (tertiary/aromatic N) is 4. The molecule has 2 aromatic rings. The lowest BCUT2D eigenvalue weighted by atomic mass is 10.3. The quantitative estimate of drug-likeness (QED) is 0.690. The zero-order valence-electron chi connectivity index (χ0n) is 9.50. The van der Waals surface area contributed by atoms with E-state index in [1.165, 1.54) is 12.1 Å². The van der Waals surface area contributed by atoms with E-state index >= 15 is 0 Å². The van der Waals surface area contributed by atoms with E-state index in [0.717, 1.165) is 5.69 Å². The number of aryl methyl sites for hydroxylation is 1. The van der Waals surface area contributed by atoms with E-state index in [1.807, 2.05) is 0 Å². The Balaban J connectivity index is 2.08. The number of benzene rings is 1. The summed E-state index contributed by atoms with van der Waals surface area (Å²) in [4.78, 5) is 14.2. The fourth-order valence-electron chi connectivity index (χ4n) is 1.40. The monoisotopic (exact) mass is 311 g/mol. The molecule has 1 aromatic carbocycles. The Kier molecular flexibility index (Phi) is 3.56. The first-order chi connectivity index (χ1) is 8.56. The van der Waals surface area contributed by atoms with Crippen molar-refractivity contribution in [2.24, 2.45) is 7.05 Å². The van der Waals surface area contributed by atoms with Gasteiger partial charge in [-0.3, -0.25) is 14.8 Å². The van der Waals surface area contributed by atoms with Crippen molar-refractivity contribution in [2.75, 3.05) is 5.32 Å². The molecule has 1 heterocycles. The first-order valence-corrected chi connectivity index (χ1v) is 5.88. The highest BCUT2D eigenvalue weighted by atomic mass is 79.9. The molecular weight excluding hydrogens is 302 g/mol. The highest BCUT2D eigenvalue weighted by Crippen LogP contribution is 2.27. The van der Waals surface area contributed by atoms with E-state index < -0.39 is 4.92 Å². The van der Waals surface area contributed by atoms with Crippen LogP contribution in [-0.2, 0) is 13.6 Å². The van der Waals surface area contributed by atoms with Crippen LogP contribution in [0.4, 0.5) is 11.4 Å². The van der Waals surface area contributed by atoms with Gasteiger partial charge in [0, 0.05) is 29.3 Å². The van der Waals surface area contributed by atoms with Crippen LogP contribution in [-0.4, -0.2) is 19.7 Å². The number of hydrogen-bond acceptors (Lipinski definition) is 5. The van der Waals surface area contributed by atoms with E-state index in [9.17, 15) is 10.1 Å². The Morgan fingerprint density at radius 2 is 2.33 bits per heavy atom. The van der Waals surface area contributed by atoms with Crippen molar-refractivity contribution >= 4 is 27.3 Å². The van der Waals surface area contributed by atoms with Gasteiger partial charge in [-0.25, -0.2) is 4.98 Å². The topological polar surface area (TPSA) is 85.9 Å². The molecule has 0 spiro atoms. The normalized spacial score (nSPS) is 10.3. The van der Waals surface area contributed by atoms with E-state index in [0.29, 0.717) is 16.8 Å². The second-order valence-electron chi connectivity index (χ2n) is 3.61. The number of non-ortho nitro benzene ring substituents is 1. The third-order valence-corrected chi connectivity index (χ3v) is 2.90. The third kappa shape index (κ3) is 2.83. The molecule has 1 N–H and O–H groups in total. The number of anilines is 1. The highest BCUT2D eigenvalue weighted by molar-refractivity contribution is 9.10. The van der Waals surface area contributed by atoms with Crippen LogP contribution >= 0.6 is 15.9 Å². The predicted molar refractivity (Wildman–Crippen MR) is 69.1 cm³/mol. The minimum Gasteiger partial charge on any atom is -0.377 e. The third-order valence-electron chi connectivity index (χ3n) is 2.25. The molecule has 8 heteroatoms. The Morgan fingerprint density at radius 1 is 1.56 bits per heavy atom.